The Bertz CT molecular complexity index is 1080. The van der Waals surface area contributed by atoms with Crippen molar-refractivity contribution in [1.29, 1.82) is 0 Å². The zero-order chi connectivity index (χ0) is 26.8. The van der Waals surface area contributed by atoms with E-state index in [-0.39, 0.29) is 17.8 Å². The molecule has 0 aliphatic carbocycles. The van der Waals surface area contributed by atoms with Crippen LogP contribution in [0.4, 0.5) is 0 Å². The fraction of sp³-hybridized carbons (Fsp3) is 0.533. The van der Waals surface area contributed by atoms with E-state index in [4.69, 9.17) is 18.9 Å². The van der Waals surface area contributed by atoms with Gasteiger partial charge in [0.15, 0.2) is 5.78 Å². The Morgan fingerprint density at radius 1 is 1.00 bits per heavy atom. The Hall–Kier alpha value is -3.22. The molecule has 0 radical (unpaired) electrons. The van der Waals surface area contributed by atoms with Gasteiger partial charge in [0.1, 0.15) is 29.1 Å². The fourth-order valence-corrected chi connectivity index (χ4v) is 4.78. The number of amides is 1. The van der Waals surface area contributed by atoms with Crippen molar-refractivity contribution in [2.45, 2.75) is 78.2 Å². The second-order valence-electron chi connectivity index (χ2n) is 9.42. The van der Waals surface area contributed by atoms with Gasteiger partial charge in [-0.05, 0) is 56.4 Å². The lowest BCUT2D eigenvalue weighted by molar-refractivity contribution is -0.122. The predicted octanol–water partition coefficient (Wildman–Crippen LogP) is 5.48. The first-order chi connectivity index (χ1) is 17.9. The van der Waals surface area contributed by atoms with Crippen LogP contribution in [0.5, 0.6) is 23.0 Å². The van der Waals surface area contributed by atoms with Crippen molar-refractivity contribution in [2.24, 2.45) is 0 Å². The summed E-state index contributed by atoms with van der Waals surface area (Å²) >= 11 is 0. The van der Waals surface area contributed by atoms with Crippen LogP contribution in [-0.2, 0) is 24.1 Å². The SMILES string of the molecule is CCCc1c(OCCCOc2ccc(C(C)=O)c(OC)c2CCC)ccc2c1OC(CC(=O)NC)CC2. The molecule has 1 amide bonds. The van der Waals surface area contributed by atoms with Crippen molar-refractivity contribution in [3.8, 4) is 23.0 Å². The van der Waals surface area contributed by atoms with Gasteiger partial charge < -0.3 is 24.3 Å². The van der Waals surface area contributed by atoms with Crippen LogP contribution in [0.15, 0.2) is 24.3 Å². The number of carbonyl (C=O) groups excluding carboxylic acids is 2. The predicted molar refractivity (Wildman–Crippen MR) is 144 cm³/mol. The average Bonchev–Trinajstić information content (AvgIpc) is 2.89. The molecule has 2 aromatic carbocycles. The number of ketones is 1. The third-order valence-electron chi connectivity index (χ3n) is 6.62. The first-order valence-corrected chi connectivity index (χ1v) is 13.4. The van der Waals surface area contributed by atoms with Gasteiger partial charge in [-0.15, -0.1) is 0 Å². The lowest BCUT2D eigenvalue weighted by atomic mass is 9.95. The van der Waals surface area contributed by atoms with Gasteiger partial charge in [-0.25, -0.2) is 0 Å². The average molecular weight is 512 g/mol. The smallest absolute Gasteiger partial charge is 0.223 e. The van der Waals surface area contributed by atoms with Crippen molar-refractivity contribution < 1.29 is 28.5 Å². The number of nitrogens with one attached hydrogen (secondary N) is 1. The Balaban J connectivity index is 1.64. The van der Waals surface area contributed by atoms with Crippen molar-refractivity contribution in [3.05, 3.63) is 46.5 Å². The molecule has 0 saturated carbocycles. The number of rotatable bonds is 14. The molecular weight excluding hydrogens is 470 g/mol. The Morgan fingerprint density at radius 3 is 2.27 bits per heavy atom. The van der Waals surface area contributed by atoms with Crippen LogP contribution in [0.25, 0.3) is 0 Å². The molecule has 0 saturated heterocycles. The van der Waals surface area contributed by atoms with E-state index in [1.807, 2.05) is 12.1 Å². The zero-order valence-electron chi connectivity index (χ0n) is 22.9. The number of methoxy groups -OCH3 is 1. The van der Waals surface area contributed by atoms with Crippen LogP contribution in [0.3, 0.4) is 0 Å². The molecule has 0 bridgehead atoms. The Morgan fingerprint density at radius 2 is 1.65 bits per heavy atom. The summed E-state index contributed by atoms with van der Waals surface area (Å²) in [6.07, 6.45) is 6.19. The highest BCUT2D eigenvalue weighted by Crippen LogP contribution is 2.39. The molecule has 3 rings (SSSR count). The highest BCUT2D eigenvalue weighted by Gasteiger charge is 2.26. The number of hydrogen-bond acceptors (Lipinski definition) is 6. The molecule has 7 heteroatoms. The molecule has 1 aliphatic rings. The van der Waals surface area contributed by atoms with E-state index in [0.29, 0.717) is 37.4 Å². The number of hydrogen-bond donors (Lipinski definition) is 1. The van der Waals surface area contributed by atoms with E-state index in [2.05, 4.69) is 25.2 Å². The molecule has 37 heavy (non-hydrogen) atoms. The highest BCUT2D eigenvalue weighted by molar-refractivity contribution is 5.97. The maximum atomic E-state index is 12.0. The number of Topliss-reactive ketones (excluding diaryl/α,β-unsaturated/α-hetero) is 1. The van der Waals surface area contributed by atoms with Gasteiger partial charge in [0, 0.05) is 24.6 Å². The molecule has 1 atom stereocenters. The number of carbonyl (C=O) groups is 2. The minimum absolute atomic E-state index is 0.00598. The maximum absolute atomic E-state index is 12.0. The van der Waals surface area contributed by atoms with Gasteiger partial charge in [0.05, 0.1) is 32.3 Å². The highest BCUT2D eigenvalue weighted by atomic mass is 16.5. The molecule has 1 N–H and O–H groups in total. The summed E-state index contributed by atoms with van der Waals surface area (Å²) in [5.41, 5.74) is 3.77. The standard InChI is InChI=1S/C30H41NO6/c1-6-9-24-26(15-12-21-11-13-22(37-29(21)24)19-28(33)31-4)35-17-8-18-36-27-16-14-23(20(3)32)30(34-5)25(27)10-7-2/h12,14-16,22H,6-11,13,17-19H2,1-5H3,(H,31,33). The van der Waals surface area contributed by atoms with Gasteiger partial charge >= 0.3 is 0 Å². The molecule has 1 heterocycles. The van der Waals surface area contributed by atoms with E-state index in [9.17, 15) is 9.59 Å². The molecule has 202 valence electrons. The third kappa shape index (κ3) is 7.18. The molecule has 1 aliphatic heterocycles. The Labute approximate surface area is 220 Å². The fourth-order valence-electron chi connectivity index (χ4n) is 4.78. The molecule has 2 aromatic rings. The van der Waals surface area contributed by atoms with Crippen LogP contribution >= 0.6 is 0 Å². The van der Waals surface area contributed by atoms with Crippen molar-refractivity contribution in [3.63, 3.8) is 0 Å². The minimum atomic E-state index is -0.115. The summed E-state index contributed by atoms with van der Waals surface area (Å²) in [5, 5.41) is 2.69. The van der Waals surface area contributed by atoms with Gasteiger partial charge in [0.2, 0.25) is 5.91 Å². The van der Waals surface area contributed by atoms with Crippen LogP contribution < -0.4 is 24.3 Å². The van der Waals surface area contributed by atoms with Gasteiger partial charge in [-0.1, -0.05) is 32.8 Å². The summed E-state index contributed by atoms with van der Waals surface area (Å²) in [5.74, 6) is 3.05. The van der Waals surface area contributed by atoms with E-state index in [1.54, 1.807) is 27.1 Å². The van der Waals surface area contributed by atoms with Crippen LogP contribution in [0.1, 0.15) is 79.9 Å². The summed E-state index contributed by atoms with van der Waals surface area (Å²) in [6.45, 7) is 6.77. The molecule has 0 fully saturated rings. The van der Waals surface area contributed by atoms with E-state index in [0.717, 1.165) is 66.9 Å². The second-order valence-corrected chi connectivity index (χ2v) is 9.42. The molecule has 0 spiro atoms. The zero-order valence-corrected chi connectivity index (χ0v) is 22.9. The lowest BCUT2D eigenvalue weighted by Crippen LogP contribution is -2.30. The monoisotopic (exact) mass is 511 g/mol. The molecular formula is C30H41NO6. The van der Waals surface area contributed by atoms with Crippen molar-refractivity contribution >= 4 is 11.7 Å². The Kier molecular flexibility index (Phi) is 10.7. The van der Waals surface area contributed by atoms with Crippen molar-refractivity contribution in [2.75, 3.05) is 27.4 Å². The summed E-state index contributed by atoms with van der Waals surface area (Å²) < 4.78 is 24.2. The van der Waals surface area contributed by atoms with Crippen molar-refractivity contribution in [1.82, 2.24) is 5.32 Å². The minimum Gasteiger partial charge on any atom is -0.496 e. The normalized spacial score (nSPS) is 14.4. The molecule has 7 nitrogen and oxygen atoms in total. The van der Waals surface area contributed by atoms with Crippen LogP contribution in [0, 0.1) is 0 Å². The number of ether oxygens (including phenoxy) is 4. The van der Waals surface area contributed by atoms with Gasteiger partial charge in [0.25, 0.3) is 0 Å². The van der Waals surface area contributed by atoms with Gasteiger partial charge in [-0.3, -0.25) is 9.59 Å². The van der Waals surface area contributed by atoms with E-state index >= 15 is 0 Å². The van der Waals surface area contributed by atoms with E-state index in [1.165, 1.54) is 5.56 Å². The number of aryl methyl sites for hydroxylation is 1. The summed E-state index contributed by atoms with van der Waals surface area (Å²) in [4.78, 5) is 23.9. The first kappa shape index (κ1) is 28.4. The first-order valence-electron chi connectivity index (χ1n) is 13.4. The number of fused-ring (bicyclic) bond motifs is 1. The van der Waals surface area contributed by atoms with E-state index < -0.39 is 0 Å². The topological polar surface area (TPSA) is 83.1 Å². The summed E-state index contributed by atoms with van der Waals surface area (Å²) in [6, 6.07) is 7.75. The molecule has 1 unspecified atom stereocenters. The maximum Gasteiger partial charge on any atom is 0.223 e. The number of benzene rings is 2. The molecule has 0 aromatic heterocycles. The van der Waals surface area contributed by atoms with Crippen LogP contribution in [-0.4, -0.2) is 45.2 Å². The quantitative estimate of drug-likeness (QED) is 0.267. The third-order valence-corrected chi connectivity index (χ3v) is 6.62. The van der Waals surface area contributed by atoms with Gasteiger partial charge in [-0.2, -0.15) is 0 Å². The summed E-state index contributed by atoms with van der Waals surface area (Å²) in [7, 11) is 3.25. The lowest BCUT2D eigenvalue weighted by Gasteiger charge is -2.28. The largest absolute Gasteiger partial charge is 0.496 e. The van der Waals surface area contributed by atoms with Crippen LogP contribution in [0.2, 0.25) is 0 Å². The second kappa shape index (κ2) is 13.9.